The molecule has 0 bridgehead atoms. The number of piperazine rings is 1. The Kier molecular flexibility index (Phi) is 4.46. The van der Waals surface area contributed by atoms with Crippen LogP contribution in [-0.2, 0) is 15.8 Å². The Balaban J connectivity index is 1.98. The maximum atomic E-state index is 12.6. The van der Waals surface area contributed by atoms with Crippen LogP contribution in [0.4, 0.5) is 18.9 Å². The maximum absolute atomic E-state index is 12.6. The molecule has 0 unspecified atom stereocenters. The third kappa shape index (κ3) is 4.19. The zero-order chi connectivity index (χ0) is 15.5. The lowest BCUT2D eigenvalue weighted by atomic mass is 10.1. The molecule has 2 amide bonds. The lowest BCUT2D eigenvalue weighted by molar-refractivity contribution is -0.678. The van der Waals surface area contributed by atoms with Crippen molar-refractivity contribution in [2.24, 2.45) is 0 Å². The molecule has 1 aliphatic rings. The molecular weight excluding hydrogens is 287 g/mol. The quantitative estimate of drug-likeness (QED) is 0.740. The van der Waals surface area contributed by atoms with Gasteiger partial charge < -0.3 is 16.0 Å². The van der Waals surface area contributed by atoms with Gasteiger partial charge in [-0.25, -0.2) is 0 Å². The van der Waals surface area contributed by atoms with Gasteiger partial charge in [-0.15, -0.1) is 0 Å². The van der Waals surface area contributed by atoms with Crippen molar-refractivity contribution in [1.82, 2.24) is 5.32 Å². The summed E-state index contributed by atoms with van der Waals surface area (Å²) in [6.45, 7) is 1.22. The Morgan fingerprint density at radius 3 is 2.86 bits per heavy atom. The van der Waals surface area contributed by atoms with Crippen LogP contribution >= 0.6 is 0 Å². The van der Waals surface area contributed by atoms with Gasteiger partial charge in [0.1, 0.15) is 0 Å². The van der Waals surface area contributed by atoms with Crippen molar-refractivity contribution < 1.29 is 28.1 Å². The summed E-state index contributed by atoms with van der Waals surface area (Å²) >= 11 is 0. The highest BCUT2D eigenvalue weighted by Crippen LogP contribution is 2.30. The number of hydrogen-bond acceptors (Lipinski definition) is 2. The molecule has 1 aliphatic heterocycles. The van der Waals surface area contributed by atoms with Crippen LogP contribution in [0.5, 0.6) is 0 Å². The molecule has 1 aromatic carbocycles. The number of carbonyl (C=O) groups is 2. The summed E-state index contributed by atoms with van der Waals surface area (Å²) in [7, 11) is 0. The molecule has 1 atom stereocenters. The van der Waals surface area contributed by atoms with E-state index in [4.69, 9.17) is 0 Å². The predicted octanol–water partition coefficient (Wildman–Crippen LogP) is 0.0958. The third-order valence-corrected chi connectivity index (χ3v) is 3.11. The summed E-state index contributed by atoms with van der Waals surface area (Å²) in [4.78, 5) is 23.3. The number of rotatable bonds is 3. The number of hydrogen-bond donors (Lipinski definition) is 3. The molecular formula is C13H15F3N3O2+. The van der Waals surface area contributed by atoms with Crippen molar-refractivity contribution in [3.8, 4) is 0 Å². The van der Waals surface area contributed by atoms with E-state index >= 15 is 0 Å². The molecule has 1 fully saturated rings. The van der Waals surface area contributed by atoms with Gasteiger partial charge in [0.2, 0.25) is 5.91 Å². The number of halogens is 3. The zero-order valence-electron chi connectivity index (χ0n) is 11.0. The first-order valence-corrected chi connectivity index (χ1v) is 6.44. The number of nitrogens with one attached hydrogen (secondary N) is 2. The number of benzene rings is 1. The molecule has 114 valence electrons. The van der Waals surface area contributed by atoms with E-state index in [9.17, 15) is 22.8 Å². The Hall–Kier alpha value is -2.09. The minimum absolute atomic E-state index is 0.0612. The Labute approximate surface area is 118 Å². The van der Waals surface area contributed by atoms with Crippen molar-refractivity contribution >= 4 is 17.5 Å². The molecule has 0 saturated carbocycles. The van der Waals surface area contributed by atoms with Gasteiger partial charge in [0, 0.05) is 5.69 Å². The molecule has 21 heavy (non-hydrogen) atoms. The van der Waals surface area contributed by atoms with E-state index in [1.165, 1.54) is 12.1 Å². The molecule has 1 saturated heterocycles. The average Bonchev–Trinajstić information content (AvgIpc) is 2.41. The van der Waals surface area contributed by atoms with E-state index < -0.39 is 23.7 Å². The Morgan fingerprint density at radius 1 is 1.43 bits per heavy atom. The van der Waals surface area contributed by atoms with E-state index in [1.807, 2.05) is 0 Å². The van der Waals surface area contributed by atoms with E-state index in [-0.39, 0.29) is 18.0 Å². The molecule has 1 aromatic rings. The summed E-state index contributed by atoms with van der Waals surface area (Å²) < 4.78 is 37.7. The molecule has 1 heterocycles. The summed E-state index contributed by atoms with van der Waals surface area (Å²) in [5.74, 6) is -0.729. The fourth-order valence-corrected chi connectivity index (χ4v) is 2.08. The van der Waals surface area contributed by atoms with Crippen molar-refractivity contribution in [2.45, 2.75) is 18.6 Å². The first-order chi connectivity index (χ1) is 9.86. The number of quaternary nitrogens is 1. The maximum Gasteiger partial charge on any atom is 0.416 e. The second kappa shape index (κ2) is 6.13. The van der Waals surface area contributed by atoms with Crippen LogP contribution < -0.4 is 16.0 Å². The molecule has 2 rings (SSSR count). The highest BCUT2D eigenvalue weighted by molar-refractivity contribution is 5.94. The average molecular weight is 302 g/mol. The molecule has 0 aliphatic carbocycles. The SMILES string of the molecule is O=C(C[C@H]1[NH2+]CCNC1=O)Nc1cccc(C(F)(F)F)c1. The lowest BCUT2D eigenvalue weighted by Crippen LogP contribution is -2.96. The number of carbonyl (C=O) groups excluding carboxylic acids is 2. The van der Waals surface area contributed by atoms with Gasteiger partial charge in [-0.2, -0.15) is 13.2 Å². The van der Waals surface area contributed by atoms with Crippen molar-refractivity contribution in [1.29, 1.82) is 0 Å². The van der Waals surface area contributed by atoms with Gasteiger partial charge in [0.15, 0.2) is 6.04 Å². The van der Waals surface area contributed by atoms with Crippen molar-refractivity contribution in [3.05, 3.63) is 29.8 Å². The number of alkyl halides is 3. The minimum Gasteiger partial charge on any atom is -0.345 e. The van der Waals surface area contributed by atoms with E-state index in [0.29, 0.717) is 13.1 Å². The first kappa shape index (κ1) is 15.3. The second-order valence-corrected chi connectivity index (χ2v) is 4.75. The van der Waals surface area contributed by atoms with Gasteiger partial charge in [0.25, 0.3) is 5.91 Å². The normalized spacial score (nSPS) is 19.0. The summed E-state index contributed by atoms with van der Waals surface area (Å²) in [6, 6.07) is 3.85. The van der Waals surface area contributed by atoms with Crippen LogP contribution in [0.15, 0.2) is 24.3 Å². The number of nitrogens with two attached hydrogens (primary N) is 1. The molecule has 0 radical (unpaired) electrons. The lowest BCUT2D eigenvalue weighted by Gasteiger charge is -2.19. The zero-order valence-corrected chi connectivity index (χ0v) is 11.0. The highest BCUT2D eigenvalue weighted by Gasteiger charge is 2.31. The van der Waals surface area contributed by atoms with Crippen LogP contribution in [0, 0.1) is 0 Å². The molecule has 8 heteroatoms. The van der Waals surface area contributed by atoms with Gasteiger partial charge in [0.05, 0.1) is 25.1 Å². The first-order valence-electron chi connectivity index (χ1n) is 6.44. The Morgan fingerprint density at radius 2 is 2.19 bits per heavy atom. The fraction of sp³-hybridized carbons (Fsp3) is 0.385. The molecule has 4 N–H and O–H groups in total. The largest absolute Gasteiger partial charge is 0.416 e. The third-order valence-electron chi connectivity index (χ3n) is 3.11. The second-order valence-electron chi connectivity index (χ2n) is 4.75. The highest BCUT2D eigenvalue weighted by atomic mass is 19.4. The van der Waals surface area contributed by atoms with Crippen LogP contribution in [0.1, 0.15) is 12.0 Å². The Bertz CT molecular complexity index is 546. The summed E-state index contributed by atoms with van der Waals surface area (Å²) in [6.07, 6.45) is -4.54. The van der Waals surface area contributed by atoms with E-state index in [1.54, 1.807) is 5.32 Å². The molecule has 5 nitrogen and oxygen atoms in total. The van der Waals surface area contributed by atoms with Crippen LogP contribution in [0.25, 0.3) is 0 Å². The van der Waals surface area contributed by atoms with Crippen molar-refractivity contribution in [3.63, 3.8) is 0 Å². The summed E-state index contributed by atoms with van der Waals surface area (Å²) in [5, 5.41) is 6.76. The van der Waals surface area contributed by atoms with Crippen LogP contribution in [0.3, 0.4) is 0 Å². The van der Waals surface area contributed by atoms with E-state index in [2.05, 4.69) is 10.6 Å². The summed E-state index contributed by atoms with van der Waals surface area (Å²) in [5.41, 5.74) is -0.770. The number of amides is 2. The monoisotopic (exact) mass is 302 g/mol. The van der Waals surface area contributed by atoms with Gasteiger partial charge in [-0.3, -0.25) is 9.59 Å². The number of anilines is 1. The van der Waals surface area contributed by atoms with Gasteiger partial charge in [-0.1, -0.05) is 6.07 Å². The van der Waals surface area contributed by atoms with Gasteiger partial charge >= 0.3 is 6.18 Å². The fourth-order valence-electron chi connectivity index (χ4n) is 2.08. The molecule has 0 spiro atoms. The van der Waals surface area contributed by atoms with Crippen LogP contribution in [-0.4, -0.2) is 30.9 Å². The van der Waals surface area contributed by atoms with Gasteiger partial charge in [-0.05, 0) is 18.2 Å². The van der Waals surface area contributed by atoms with E-state index in [0.717, 1.165) is 12.1 Å². The molecule has 0 aromatic heterocycles. The van der Waals surface area contributed by atoms with Crippen molar-refractivity contribution in [2.75, 3.05) is 18.4 Å². The smallest absolute Gasteiger partial charge is 0.345 e. The standard InChI is InChI=1S/C13H14F3N3O2/c14-13(15,16)8-2-1-3-9(6-8)19-11(20)7-10-12(21)18-5-4-17-10/h1-3,6,10,17H,4-5,7H2,(H,18,21)(H,19,20)/p+1/t10-/m1/s1. The topological polar surface area (TPSA) is 74.8 Å². The minimum atomic E-state index is -4.46. The predicted molar refractivity (Wildman–Crippen MR) is 68.3 cm³/mol. The van der Waals surface area contributed by atoms with Crippen LogP contribution in [0.2, 0.25) is 0 Å².